The van der Waals surface area contributed by atoms with Gasteiger partial charge in [-0.1, -0.05) is 24.9 Å². The minimum absolute atomic E-state index is 0.214. The van der Waals surface area contributed by atoms with E-state index < -0.39 is 0 Å². The molecular formula is C14H20ClN3O2. The van der Waals surface area contributed by atoms with Crippen molar-refractivity contribution < 1.29 is 4.74 Å². The molecule has 2 fully saturated rings. The summed E-state index contributed by atoms with van der Waals surface area (Å²) in [4.78, 5) is 12.1. The van der Waals surface area contributed by atoms with E-state index in [1.54, 1.807) is 6.20 Å². The maximum Gasteiger partial charge on any atom is 0.287 e. The van der Waals surface area contributed by atoms with E-state index in [4.69, 9.17) is 16.3 Å². The van der Waals surface area contributed by atoms with Gasteiger partial charge in [0.1, 0.15) is 5.02 Å². The predicted octanol–water partition coefficient (Wildman–Crippen LogP) is 2.43. The highest BCUT2D eigenvalue weighted by atomic mass is 35.5. The van der Waals surface area contributed by atoms with E-state index >= 15 is 0 Å². The fourth-order valence-electron chi connectivity index (χ4n) is 3.02. The zero-order valence-corrected chi connectivity index (χ0v) is 12.4. The van der Waals surface area contributed by atoms with Gasteiger partial charge < -0.3 is 10.1 Å². The Morgan fingerprint density at radius 2 is 2.40 bits per heavy atom. The van der Waals surface area contributed by atoms with Crippen LogP contribution in [0.1, 0.15) is 39.0 Å². The average molecular weight is 298 g/mol. The van der Waals surface area contributed by atoms with Crippen molar-refractivity contribution in [3.05, 3.63) is 21.6 Å². The topological polar surface area (TPSA) is 56.1 Å². The van der Waals surface area contributed by atoms with Gasteiger partial charge in [0.05, 0.1) is 30.1 Å². The van der Waals surface area contributed by atoms with Crippen molar-refractivity contribution in [2.75, 3.05) is 5.32 Å². The number of aryl methyl sites for hydroxylation is 1. The lowest BCUT2D eigenvalue weighted by atomic mass is 9.95. The van der Waals surface area contributed by atoms with E-state index in [1.165, 1.54) is 4.68 Å². The number of fused-ring (bicyclic) bond motifs is 2. The molecular weight excluding hydrogens is 278 g/mol. The highest BCUT2D eigenvalue weighted by molar-refractivity contribution is 6.32. The maximum atomic E-state index is 12.1. The summed E-state index contributed by atoms with van der Waals surface area (Å²) in [5.74, 6) is 0. The van der Waals surface area contributed by atoms with Gasteiger partial charge in [-0.05, 0) is 25.7 Å². The van der Waals surface area contributed by atoms with Crippen molar-refractivity contribution in [1.82, 2.24) is 9.78 Å². The highest BCUT2D eigenvalue weighted by Crippen LogP contribution is 2.36. The fourth-order valence-corrected chi connectivity index (χ4v) is 3.22. The van der Waals surface area contributed by atoms with Crippen LogP contribution in [-0.4, -0.2) is 28.0 Å². The Morgan fingerprint density at radius 1 is 1.55 bits per heavy atom. The van der Waals surface area contributed by atoms with Crippen LogP contribution in [-0.2, 0) is 11.3 Å². The second kappa shape index (κ2) is 5.74. The summed E-state index contributed by atoms with van der Waals surface area (Å²) in [6, 6.07) is 0.249. The molecule has 110 valence electrons. The molecule has 2 bridgehead atoms. The van der Waals surface area contributed by atoms with Gasteiger partial charge in [0.2, 0.25) is 0 Å². The van der Waals surface area contributed by atoms with Gasteiger partial charge >= 0.3 is 0 Å². The molecule has 0 aliphatic carbocycles. The predicted molar refractivity (Wildman–Crippen MR) is 78.3 cm³/mol. The maximum absolute atomic E-state index is 12.1. The molecule has 6 heteroatoms. The monoisotopic (exact) mass is 297 g/mol. The second-order valence-corrected chi connectivity index (χ2v) is 5.99. The molecule has 1 aromatic heterocycles. The zero-order chi connectivity index (χ0) is 14.1. The second-order valence-electron chi connectivity index (χ2n) is 5.61. The Hall–Kier alpha value is -1.07. The van der Waals surface area contributed by atoms with Crippen molar-refractivity contribution >= 4 is 17.3 Å². The Morgan fingerprint density at radius 3 is 3.05 bits per heavy atom. The number of nitrogens with zero attached hydrogens (tertiary/aromatic N) is 2. The third-order valence-corrected chi connectivity index (χ3v) is 4.52. The summed E-state index contributed by atoms with van der Waals surface area (Å²) in [6.07, 6.45) is 7.44. The van der Waals surface area contributed by atoms with Crippen LogP contribution in [0.2, 0.25) is 5.02 Å². The average Bonchev–Trinajstić information content (AvgIpc) is 3.05. The minimum atomic E-state index is -0.214. The Labute approximate surface area is 123 Å². The van der Waals surface area contributed by atoms with Crippen LogP contribution in [0.25, 0.3) is 0 Å². The van der Waals surface area contributed by atoms with Crippen molar-refractivity contribution in [3.63, 3.8) is 0 Å². The summed E-state index contributed by atoms with van der Waals surface area (Å²) in [5.41, 5.74) is 0.416. The van der Waals surface area contributed by atoms with Crippen molar-refractivity contribution in [2.24, 2.45) is 0 Å². The molecule has 2 saturated heterocycles. The summed E-state index contributed by atoms with van der Waals surface area (Å²) < 4.78 is 7.23. The summed E-state index contributed by atoms with van der Waals surface area (Å²) in [5, 5.41) is 7.76. The van der Waals surface area contributed by atoms with Crippen LogP contribution in [0.5, 0.6) is 0 Å². The molecule has 0 aromatic carbocycles. The lowest BCUT2D eigenvalue weighted by Gasteiger charge is -2.21. The number of aromatic nitrogens is 2. The number of ether oxygens (including phenoxy) is 1. The number of anilines is 1. The first-order chi connectivity index (χ1) is 9.69. The van der Waals surface area contributed by atoms with E-state index in [1.807, 2.05) is 0 Å². The highest BCUT2D eigenvalue weighted by Gasteiger charge is 2.40. The molecule has 0 radical (unpaired) electrons. The summed E-state index contributed by atoms with van der Waals surface area (Å²) in [7, 11) is 0. The Bertz CT molecular complexity index is 546. The molecule has 3 heterocycles. The molecule has 0 spiro atoms. The standard InChI is InChI=1S/C14H20ClN3O2/c1-2-3-6-18-14(19)13(15)11(8-16-18)17-10-7-9-4-5-12(10)20-9/h8-10,12,17H,2-7H2,1H3. The number of hydrogen-bond donors (Lipinski definition) is 1. The van der Waals surface area contributed by atoms with Crippen LogP contribution >= 0.6 is 11.6 Å². The molecule has 2 aliphatic rings. The third kappa shape index (κ3) is 2.56. The Kier molecular flexibility index (Phi) is 3.98. The van der Waals surface area contributed by atoms with Crippen molar-refractivity contribution in [1.29, 1.82) is 0 Å². The van der Waals surface area contributed by atoms with E-state index in [0.717, 1.165) is 32.1 Å². The van der Waals surface area contributed by atoms with Gasteiger partial charge in [-0.15, -0.1) is 0 Å². The summed E-state index contributed by atoms with van der Waals surface area (Å²) >= 11 is 6.18. The molecule has 0 saturated carbocycles. The van der Waals surface area contributed by atoms with E-state index in [2.05, 4.69) is 17.3 Å². The van der Waals surface area contributed by atoms with Crippen LogP contribution in [0, 0.1) is 0 Å². The van der Waals surface area contributed by atoms with Gasteiger partial charge in [-0.2, -0.15) is 5.10 Å². The minimum Gasteiger partial charge on any atom is -0.377 e. The smallest absolute Gasteiger partial charge is 0.287 e. The fraction of sp³-hybridized carbons (Fsp3) is 0.714. The first kappa shape index (κ1) is 13.9. The van der Waals surface area contributed by atoms with Crippen molar-refractivity contribution in [3.8, 4) is 0 Å². The molecule has 5 nitrogen and oxygen atoms in total. The molecule has 3 unspecified atom stereocenters. The Balaban J connectivity index is 1.74. The first-order valence-corrected chi connectivity index (χ1v) is 7.74. The number of nitrogens with one attached hydrogen (secondary N) is 1. The molecule has 2 aliphatic heterocycles. The van der Waals surface area contributed by atoms with Gasteiger partial charge in [0, 0.05) is 6.54 Å². The van der Waals surface area contributed by atoms with Crippen LogP contribution in [0.15, 0.2) is 11.0 Å². The summed E-state index contributed by atoms with van der Waals surface area (Å²) in [6.45, 7) is 2.70. The normalized spacial score (nSPS) is 28.0. The molecule has 3 rings (SSSR count). The van der Waals surface area contributed by atoms with Gasteiger partial charge in [-0.25, -0.2) is 4.68 Å². The quantitative estimate of drug-likeness (QED) is 0.907. The van der Waals surface area contributed by atoms with Crippen molar-refractivity contribution in [2.45, 2.75) is 63.8 Å². The van der Waals surface area contributed by atoms with Gasteiger partial charge in [0.25, 0.3) is 5.56 Å². The molecule has 0 amide bonds. The molecule has 1 aromatic rings. The number of rotatable bonds is 5. The molecule has 3 atom stereocenters. The van der Waals surface area contributed by atoms with Gasteiger partial charge in [0.15, 0.2) is 0 Å². The lowest BCUT2D eigenvalue weighted by Crippen LogP contribution is -2.32. The lowest BCUT2D eigenvalue weighted by molar-refractivity contribution is 0.102. The third-order valence-electron chi connectivity index (χ3n) is 4.16. The SMILES string of the molecule is CCCCn1ncc(NC2CC3CCC2O3)c(Cl)c1=O. The number of halogens is 1. The van der Waals surface area contributed by atoms with Gasteiger partial charge in [-0.3, -0.25) is 4.79 Å². The van der Waals surface area contributed by atoms with E-state index in [0.29, 0.717) is 18.3 Å². The molecule has 1 N–H and O–H groups in total. The van der Waals surface area contributed by atoms with E-state index in [-0.39, 0.29) is 22.7 Å². The number of hydrogen-bond acceptors (Lipinski definition) is 4. The van der Waals surface area contributed by atoms with Crippen LogP contribution < -0.4 is 10.9 Å². The van der Waals surface area contributed by atoms with Crippen LogP contribution in [0.3, 0.4) is 0 Å². The first-order valence-electron chi connectivity index (χ1n) is 7.36. The largest absolute Gasteiger partial charge is 0.377 e. The van der Waals surface area contributed by atoms with E-state index in [9.17, 15) is 4.79 Å². The zero-order valence-electron chi connectivity index (χ0n) is 11.6. The molecule has 20 heavy (non-hydrogen) atoms. The van der Waals surface area contributed by atoms with Crippen LogP contribution in [0.4, 0.5) is 5.69 Å². The number of unbranched alkanes of at least 4 members (excludes halogenated alkanes) is 1.